The first kappa shape index (κ1) is 29.7. The highest BCUT2D eigenvalue weighted by Gasteiger charge is 2.40. The van der Waals surface area contributed by atoms with Crippen LogP contribution in [0.25, 0.3) is 0 Å². The third-order valence-corrected chi connectivity index (χ3v) is 8.51. The van der Waals surface area contributed by atoms with Crippen LogP contribution in [-0.2, 0) is 20.8 Å². The summed E-state index contributed by atoms with van der Waals surface area (Å²) in [4.78, 5) is 28.0. The quantitative estimate of drug-likeness (QED) is 0.245. The molecule has 1 unspecified atom stereocenters. The minimum absolute atomic E-state index is 0.0966. The summed E-state index contributed by atoms with van der Waals surface area (Å²) in [6, 6.07) is 16.8. The molecule has 0 saturated carbocycles. The van der Waals surface area contributed by atoms with Crippen LogP contribution in [0.1, 0.15) is 116 Å². The van der Waals surface area contributed by atoms with Gasteiger partial charge in [0.2, 0.25) is 5.30 Å². The predicted molar refractivity (Wildman–Crippen MR) is 160 cm³/mol. The highest BCUT2D eigenvalue weighted by molar-refractivity contribution is 7.71. The van der Waals surface area contributed by atoms with E-state index in [4.69, 9.17) is 0 Å². The van der Waals surface area contributed by atoms with Gasteiger partial charge in [0, 0.05) is 5.56 Å². The Labute approximate surface area is 229 Å². The zero-order chi connectivity index (χ0) is 28.8. The van der Waals surface area contributed by atoms with Crippen LogP contribution < -0.4 is 5.30 Å². The average Bonchev–Trinajstić information content (AvgIpc) is 2.80. The molecular weight excluding hydrogens is 487 g/mol. The normalized spacial score (nSPS) is 12.9. The standard InChI is InChI=1S/C34H42O3P/c1-21-15-14-16-22(2)28(21)31(36)38(37)27-18-13-12-17-24(27)30(35)29-25(33(6,7)8)19-23(32(3,4)5)20-26(29)34(9,10)11/h12-20H,1-11H3/q+1. The van der Waals surface area contributed by atoms with Crippen molar-refractivity contribution in [3.05, 3.63) is 99.1 Å². The van der Waals surface area contributed by atoms with Gasteiger partial charge in [0.25, 0.3) is 0 Å². The van der Waals surface area contributed by atoms with Crippen molar-refractivity contribution in [3.8, 4) is 0 Å². The molecule has 0 bridgehead atoms. The third kappa shape index (κ3) is 5.89. The second-order valence-corrected chi connectivity index (χ2v) is 14.9. The number of carbonyl (C=O) groups excluding carboxylic acids is 2. The van der Waals surface area contributed by atoms with Gasteiger partial charge in [-0.2, -0.15) is 0 Å². The lowest BCUT2D eigenvalue weighted by Crippen LogP contribution is -2.28. The Morgan fingerprint density at radius 3 is 1.55 bits per heavy atom. The first-order chi connectivity index (χ1) is 17.4. The number of benzene rings is 3. The molecule has 0 aliphatic rings. The summed E-state index contributed by atoms with van der Waals surface area (Å²) in [6.45, 7) is 23.0. The molecule has 3 rings (SSSR count). The van der Waals surface area contributed by atoms with Gasteiger partial charge in [-0.15, -0.1) is 0 Å². The number of aryl methyl sites for hydroxylation is 2. The molecule has 0 amide bonds. The predicted octanol–water partition coefficient (Wildman–Crippen LogP) is 8.72. The van der Waals surface area contributed by atoms with E-state index in [1.165, 1.54) is 5.56 Å². The van der Waals surface area contributed by atoms with Crippen molar-refractivity contribution in [3.63, 3.8) is 0 Å². The highest BCUT2D eigenvalue weighted by Crippen LogP contribution is 2.40. The van der Waals surface area contributed by atoms with E-state index in [0.717, 1.165) is 22.3 Å². The van der Waals surface area contributed by atoms with Crippen LogP contribution in [0, 0.1) is 13.8 Å². The van der Waals surface area contributed by atoms with E-state index in [9.17, 15) is 14.2 Å². The lowest BCUT2D eigenvalue weighted by atomic mass is 9.71. The Balaban J connectivity index is 2.30. The molecule has 0 heterocycles. The zero-order valence-corrected chi connectivity index (χ0v) is 25.8. The molecule has 0 spiro atoms. The first-order valence-corrected chi connectivity index (χ1v) is 14.5. The van der Waals surface area contributed by atoms with Gasteiger partial charge >= 0.3 is 13.3 Å². The maximum Gasteiger partial charge on any atom is 0.459 e. The molecule has 0 aliphatic heterocycles. The molecule has 0 radical (unpaired) electrons. The molecule has 200 valence electrons. The Morgan fingerprint density at radius 2 is 1.11 bits per heavy atom. The van der Waals surface area contributed by atoms with Crippen LogP contribution in [0.2, 0.25) is 0 Å². The molecule has 3 aromatic rings. The number of hydrogen-bond donors (Lipinski definition) is 0. The van der Waals surface area contributed by atoms with Crippen molar-refractivity contribution in [2.75, 3.05) is 0 Å². The lowest BCUT2D eigenvalue weighted by molar-refractivity contribution is 0.103. The van der Waals surface area contributed by atoms with Gasteiger partial charge in [0.1, 0.15) is 0 Å². The minimum atomic E-state index is -2.50. The molecule has 1 atom stereocenters. The monoisotopic (exact) mass is 529 g/mol. The highest BCUT2D eigenvalue weighted by atomic mass is 31.1. The van der Waals surface area contributed by atoms with Crippen molar-refractivity contribution in [2.24, 2.45) is 0 Å². The number of rotatable bonds is 5. The number of carbonyl (C=O) groups is 2. The van der Waals surface area contributed by atoms with E-state index in [1.807, 2.05) is 32.0 Å². The average molecular weight is 530 g/mol. The summed E-state index contributed by atoms with van der Waals surface area (Å²) in [5.74, 6) is -0.187. The second-order valence-electron chi connectivity index (χ2n) is 13.4. The van der Waals surface area contributed by atoms with Crippen LogP contribution in [0.4, 0.5) is 0 Å². The van der Waals surface area contributed by atoms with E-state index in [0.29, 0.717) is 22.0 Å². The zero-order valence-electron chi connectivity index (χ0n) is 24.9. The van der Waals surface area contributed by atoms with E-state index in [-0.39, 0.29) is 22.0 Å². The van der Waals surface area contributed by atoms with E-state index >= 15 is 0 Å². The Hall–Kier alpha value is -2.90. The Kier molecular flexibility index (Phi) is 8.07. The first-order valence-electron chi connectivity index (χ1n) is 13.3. The second kappa shape index (κ2) is 10.3. The molecule has 0 fully saturated rings. The van der Waals surface area contributed by atoms with Gasteiger partial charge in [-0.05, 0) is 70.0 Å². The van der Waals surface area contributed by atoms with Crippen molar-refractivity contribution >= 4 is 24.4 Å². The Morgan fingerprint density at radius 1 is 0.632 bits per heavy atom. The van der Waals surface area contributed by atoms with Gasteiger partial charge < -0.3 is 0 Å². The van der Waals surface area contributed by atoms with E-state index in [2.05, 4.69) is 74.4 Å². The largest absolute Gasteiger partial charge is 0.459 e. The fraction of sp³-hybridized carbons (Fsp3) is 0.412. The summed E-state index contributed by atoms with van der Waals surface area (Å²) in [5, 5.41) is 0.291. The van der Waals surface area contributed by atoms with Gasteiger partial charge in [-0.25, -0.2) is 4.79 Å². The minimum Gasteiger partial charge on any atom is -0.288 e. The van der Waals surface area contributed by atoms with Crippen molar-refractivity contribution in [2.45, 2.75) is 92.4 Å². The van der Waals surface area contributed by atoms with Crippen LogP contribution in [0.3, 0.4) is 0 Å². The molecule has 0 aromatic heterocycles. The lowest BCUT2D eigenvalue weighted by Gasteiger charge is -2.33. The Bertz CT molecular complexity index is 1370. The van der Waals surface area contributed by atoms with E-state index in [1.54, 1.807) is 24.3 Å². The van der Waals surface area contributed by atoms with Gasteiger partial charge in [0.15, 0.2) is 5.78 Å². The summed E-state index contributed by atoms with van der Waals surface area (Å²) >= 11 is 0. The van der Waals surface area contributed by atoms with Crippen molar-refractivity contribution < 1.29 is 14.2 Å². The third-order valence-electron chi connectivity index (χ3n) is 7.09. The van der Waals surface area contributed by atoms with Crippen molar-refractivity contribution in [1.82, 2.24) is 0 Å². The van der Waals surface area contributed by atoms with E-state index < -0.39 is 13.3 Å². The summed E-state index contributed by atoms with van der Waals surface area (Å²) in [5.41, 5.74) is 4.96. The SMILES string of the molecule is Cc1cccc(C)c1C(=O)[P+](=O)c1ccccc1C(=O)c1c(C(C)(C)C)cc(C(C)(C)C)cc1C(C)(C)C. The van der Waals surface area contributed by atoms with Crippen LogP contribution in [0.5, 0.6) is 0 Å². The van der Waals surface area contributed by atoms with Crippen molar-refractivity contribution in [1.29, 1.82) is 0 Å². The number of hydrogen-bond acceptors (Lipinski definition) is 3. The smallest absolute Gasteiger partial charge is 0.288 e. The van der Waals surface area contributed by atoms with Gasteiger partial charge in [-0.3, -0.25) is 4.79 Å². The van der Waals surface area contributed by atoms with Crippen LogP contribution in [-0.4, -0.2) is 11.3 Å². The molecule has 0 saturated heterocycles. The summed E-state index contributed by atoms with van der Waals surface area (Å²) in [7, 11) is -2.50. The maximum absolute atomic E-state index is 14.5. The number of ketones is 1. The molecule has 38 heavy (non-hydrogen) atoms. The summed E-state index contributed by atoms with van der Waals surface area (Å²) < 4.78 is 13.8. The van der Waals surface area contributed by atoms with Gasteiger partial charge in [0.05, 0.1) is 11.1 Å². The molecule has 3 nitrogen and oxygen atoms in total. The molecular formula is C34H42O3P+. The maximum atomic E-state index is 14.5. The summed E-state index contributed by atoms with van der Waals surface area (Å²) in [6.07, 6.45) is 0. The van der Waals surface area contributed by atoms with Gasteiger partial charge in [-0.1, -0.05) is 109 Å². The molecule has 0 aliphatic carbocycles. The molecule has 4 heteroatoms. The van der Waals surface area contributed by atoms with Crippen LogP contribution in [0.15, 0.2) is 54.6 Å². The fourth-order valence-corrected chi connectivity index (χ4v) is 6.23. The topological polar surface area (TPSA) is 51.2 Å². The molecule has 0 N–H and O–H groups in total. The van der Waals surface area contributed by atoms with Crippen LogP contribution >= 0.6 is 7.80 Å². The molecule has 3 aromatic carbocycles. The fourth-order valence-electron chi connectivity index (χ4n) is 4.84.